The minimum Gasteiger partial charge on any atom is -0.308 e. The number of nitrogens with one attached hydrogen (secondary N) is 1. The van der Waals surface area contributed by atoms with Crippen LogP contribution >= 0.6 is 27.3 Å². The zero-order valence-corrected chi connectivity index (χ0v) is 11.2. The van der Waals surface area contributed by atoms with E-state index in [2.05, 4.69) is 48.3 Å². The summed E-state index contributed by atoms with van der Waals surface area (Å²) < 4.78 is 3.30. The molecule has 1 aliphatic rings. The predicted octanol–water partition coefficient (Wildman–Crippen LogP) is 2.43. The van der Waals surface area contributed by atoms with Crippen LogP contribution in [-0.4, -0.2) is 21.3 Å². The molecule has 0 radical (unpaired) electrons. The smallest absolute Gasteiger partial charge is 0.175 e. The summed E-state index contributed by atoms with van der Waals surface area (Å²) in [6.07, 6.45) is 0. The van der Waals surface area contributed by atoms with Crippen molar-refractivity contribution in [1.29, 1.82) is 0 Å². The summed E-state index contributed by atoms with van der Waals surface area (Å²) >= 11 is 5.24. The van der Waals surface area contributed by atoms with Gasteiger partial charge >= 0.3 is 0 Å². The second kappa shape index (κ2) is 3.94. The van der Waals surface area contributed by atoms with Gasteiger partial charge in [-0.2, -0.15) is 0 Å². The van der Waals surface area contributed by atoms with Gasteiger partial charge in [0.25, 0.3) is 0 Å². The lowest BCUT2D eigenvalue weighted by molar-refractivity contribution is 0.439. The molecular weight excluding hydrogens is 288 g/mol. The molecule has 3 rings (SSSR count). The Bertz CT molecular complexity index is 519. The Balaban J connectivity index is 2.13. The van der Waals surface area contributed by atoms with E-state index in [0.717, 1.165) is 34.1 Å². The minimum atomic E-state index is 0.286. The number of aromatic nitrogens is 3. The van der Waals surface area contributed by atoms with Gasteiger partial charge in [0.1, 0.15) is 5.82 Å². The maximum Gasteiger partial charge on any atom is 0.175 e. The Kier molecular flexibility index (Phi) is 2.57. The predicted molar refractivity (Wildman–Crippen MR) is 67.5 cm³/mol. The molecule has 2 aromatic heterocycles. The molecule has 84 valence electrons. The van der Waals surface area contributed by atoms with Gasteiger partial charge in [-0.3, -0.25) is 0 Å². The van der Waals surface area contributed by atoms with E-state index < -0.39 is 0 Å². The largest absolute Gasteiger partial charge is 0.308 e. The molecule has 16 heavy (non-hydrogen) atoms. The monoisotopic (exact) mass is 298 g/mol. The first-order valence-electron chi connectivity index (χ1n) is 5.17. The summed E-state index contributed by atoms with van der Waals surface area (Å²) in [4.78, 5) is 1.16. The molecule has 1 N–H and O–H groups in total. The Labute approximate surface area is 106 Å². The summed E-state index contributed by atoms with van der Waals surface area (Å²) in [5.74, 6) is 2.01. The first-order chi connectivity index (χ1) is 7.77. The Hall–Kier alpha value is -0.720. The van der Waals surface area contributed by atoms with E-state index in [9.17, 15) is 0 Å². The molecule has 1 unspecified atom stereocenters. The van der Waals surface area contributed by atoms with Crippen molar-refractivity contribution in [3.05, 3.63) is 21.7 Å². The van der Waals surface area contributed by atoms with Gasteiger partial charge in [0, 0.05) is 17.6 Å². The van der Waals surface area contributed by atoms with Crippen molar-refractivity contribution in [1.82, 2.24) is 20.1 Å². The second-order valence-corrected chi connectivity index (χ2v) is 5.58. The van der Waals surface area contributed by atoms with Gasteiger partial charge in [-0.25, -0.2) is 0 Å². The maximum absolute atomic E-state index is 4.30. The maximum atomic E-state index is 4.30. The second-order valence-electron chi connectivity index (χ2n) is 3.81. The van der Waals surface area contributed by atoms with Gasteiger partial charge in [0.15, 0.2) is 5.82 Å². The van der Waals surface area contributed by atoms with E-state index in [1.807, 2.05) is 6.07 Å². The van der Waals surface area contributed by atoms with Crippen LogP contribution in [0.15, 0.2) is 15.9 Å². The van der Waals surface area contributed by atoms with Crippen LogP contribution in [0.2, 0.25) is 0 Å². The third-order valence-electron chi connectivity index (χ3n) is 2.77. The standard InChI is InChI=1S/C10H11BrN4S/c1-6-9-13-14-10(15(9)4-3-12-6)8-7(11)2-5-16-8/h2,5-6,12H,3-4H2,1H3. The Morgan fingerprint density at radius 3 is 3.19 bits per heavy atom. The molecule has 0 saturated carbocycles. The van der Waals surface area contributed by atoms with Crippen molar-refractivity contribution >= 4 is 27.3 Å². The zero-order chi connectivity index (χ0) is 11.1. The van der Waals surface area contributed by atoms with Crippen LogP contribution in [0.5, 0.6) is 0 Å². The molecule has 3 heterocycles. The van der Waals surface area contributed by atoms with E-state index in [1.54, 1.807) is 11.3 Å². The van der Waals surface area contributed by atoms with Gasteiger partial charge in [-0.1, -0.05) is 0 Å². The van der Waals surface area contributed by atoms with E-state index in [-0.39, 0.29) is 6.04 Å². The molecule has 0 fully saturated rings. The van der Waals surface area contributed by atoms with Crippen LogP contribution < -0.4 is 5.32 Å². The number of fused-ring (bicyclic) bond motifs is 1. The van der Waals surface area contributed by atoms with Gasteiger partial charge in [0.05, 0.1) is 10.9 Å². The quantitative estimate of drug-likeness (QED) is 0.879. The molecule has 4 nitrogen and oxygen atoms in total. The van der Waals surface area contributed by atoms with E-state index in [4.69, 9.17) is 0 Å². The average Bonchev–Trinajstić information content (AvgIpc) is 2.84. The SMILES string of the molecule is CC1NCCn2c(-c3sccc3Br)nnc21. The fraction of sp³-hybridized carbons (Fsp3) is 0.400. The third-order valence-corrected chi connectivity index (χ3v) is 4.61. The summed E-state index contributed by atoms with van der Waals surface area (Å²) in [5.41, 5.74) is 0. The lowest BCUT2D eigenvalue weighted by Gasteiger charge is -2.21. The number of nitrogens with zero attached hydrogens (tertiary/aromatic N) is 3. The molecular formula is C10H11BrN4S. The molecule has 0 spiro atoms. The Morgan fingerprint density at radius 2 is 2.44 bits per heavy atom. The summed E-state index contributed by atoms with van der Waals surface area (Å²) in [6.45, 7) is 4.03. The van der Waals surface area contributed by atoms with Gasteiger partial charge < -0.3 is 9.88 Å². The van der Waals surface area contributed by atoms with Crippen LogP contribution in [0, 0.1) is 0 Å². The fourth-order valence-corrected chi connectivity index (χ4v) is 3.50. The number of thiophene rings is 1. The zero-order valence-electron chi connectivity index (χ0n) is 8.77. The molecule has 6 heteroatoms. The van der Waals surface area contributed by atoms with Gasteiger partial charge in [-0.05, 0) is 34.3 Å². The molecule has 0 bridgehead atoms. The molecule has 1 atom stereocenters. The molecule has 0 amide bonds. The highest BCUT2D eigenvalue weighted by molar-refractivity contribution is 9.10. The van der Waals surface area contributed by atoms with Crippen molar-refractivity contribution in [3.8, 4) is 10.7 Å². The fourth-order valence-electron chi connectivity index (χ4n) is 1.96. The number of hydrogen-bond acceptors (Lipinski definition) is 4. The highest BCUT2D eigenvalue weighted by Gasteiger charge is 2.23. The van der Waals surface area contributed by atoms with Crippen molar-refractivity contribution in [2.75, 3.05) is 6.54 Å². The Morgan fingerprint density at radius 1 is 1.56 bits per heavy atom. The van der Waals surface area contributed by atoms with Crippen LogP contribution in [0.3, 0.4) is 0 Å². The van der Waals surface area contributed by atoms with Crippen molar-refractivity contribution in [2.45, 2.75) is 19.5 Å². The van der Waals surface area contributed by atoms with Crippen LogP contribution in [-0.2, 0) is 6.54 Å². The van der Waals surface area contributed by atoms with Crippen LogP contribution in [0.4, 0.5) is 0 Å². The van der Waals surface area contributed by atoms with Crippen molar-refractivity contribution < 1.29 is 0 Å². The molecule has 2 aromatic rings. The molecule has 0 saturated heterocycles. The first kappa shape index (κ1) is 10.4. The van der Waals surface area contributed by atoms with E-state index in [1.165, 1.54) is 0 Å². The molecule has 0 aliphatic carbocycles. The van der Waals surface area contributed by atoms with Crippen LogP contribution in [0.25, 0.3) is 10.7 Å². The summed E-state index contributed by atoms with van der Waals surface area (Å²) in [5, 5.41) is 14.0. The summed E-state index contributed by atoms with van der Waals surface area (Å²) in [6, 6.07) is 2.33. The van der Waals surface area contributed by atoms with Gasteiger partial charge in [0.2, 0.25) is 0 Å². The topological polar surface area (TPSA) is 42.7 Å². The van der Waals surface area contributed by atoms with Gasteiger partial charge in [-0.15, -0.1) is 21.5 Å². The third kappa shape index (κ3) is 1.52. The van der Waals surface area contributed by atoms with Crippen molar-refractivity contribution in [3.63, 3.8) is 0 Å². The first-order valence-corrected chi connectivity index (χ1v) is 6.84. The summed E-state index contributed by atoms with van der Waals surface area (Å²) in [7, 11) is 0. The lowest BCUT2D eigenvalue weighted by atomic mass is 10.2. The van der Waals surface area contributed by atoms with Crippen molar-refractivity contribution in [2.24, 2.45) is 0 Å². The molecule has 1 aliphatic heterocycles. The number of hydrogen-bond donors (Lipinski definition) is 1. The minimum absolute atomic E-state index is 0.286. The van der Waals surface area contributed by atoms with E-state index >= 15 is 0 Å². The highest BCUT2D eigenvalue weighted by atomic mass is 79.9. The van der Waals surface area contributed by atoms with Crippen LogP contribution in [0.1, 0.15) is 18.8 Å². The normalized spacial score (nSPS) is 19.8. The number of halogens is 1. The average molecular weight is 299 g/mol. The lowest BCUT2D eigenvalue weighted by Crippen LogP contribution is -2.32. The highest BCUT2D eigenvalue weighted by Crippen LogP contribution is 2.33. The van der Waals surface area contributed by atoms with E-state index in [0.29, 0.717) is 0 Å². The molecule has 0 aromatic carbocycles. The number of rotatable bonds is 1.